The number of halogens is 1. The van der Waals surface area contributed by atoms with E-state index in [1.807, 2.05) is 11.0 Å². The standard InChI is InChI=1S/C25H33ClN4O5S3/c1-27(38(33,34)24-9-7-21(37-24)20-6-8-22(26)36-20)19-5-3-10-29(25(19)32)17-23(31)30-11-2-4-18(30)16-28-12-14-35-15-13-28/h6-9,18-19H,2-5,10-17H2,1H3/t18-,19+/m0/s1. The third-order valence-corrected chi connectivity index (χ3v) is 12.4. The van der Waals surface area contributed by atoms with Crippen molar-refractivity contribution in [1.82, 2.24) is 19.0 Å². The number of hydrogen-bond acceptors (Lipinski definition) is 8. The maximum Gasteiger partial charge on any atom is 0.253 e. The Balaban J connectivity index is 1.23. The third-order valence-electron chi connectivity index (χ3n) is 7.57. The number of likely N-dealkylation sites (N-methyl/N-ethyl adjacent to an activating group) is 1. The van der Waals surface area contributed by atoms with Crippen molar-refractivity contribution in [3.63, 3.8) is 0 Å². The van der Waals surface area contributed by atoms with E-state index in [0.29, 0.717) is 30.3 Å². The van der Waals surface area contributed by atoms with E-state index in [1.165, 1.54) is 34.0 Å². The lowest BCUT2D eigenvalue weighted by Gasteiger charge is -2.37. The van der Waals surface area contributed by atoms with Crippen LogP contribution in [-0.2, 0) is 24.3 Å². The van der Waals surface area contributed by atoms with Crippen LogP contribution in [0.2, 0.25) is 4.34 Å². The molecule has 38 heavy (non-hydrogen) atoms. The van der Waals surface area contributed by atoms with Gasteiger partial charge in [0.25, 0.3) is 10.0 Å². The lowest BCUT2D eigenvalue weighted by Crippen LogP contribution is -2.55. The maximum absolute atomic E-state index is 13.5. The molecular weight excluding hydrogens is 568 g/mol. The van der Waals surface area contributed by atoms with Gasteiger partial charge < -0.3 is 14.5 Å². The van der Waals surface area contributed by atoms with Gasteiger partial charge in [0, 0.05) is 55.6 Å². The van der Waals surface area contributed by atoms with E-state index >= 15 is 0 Å². The van der Waals surface area contributed by atoms with Gasteiger partial charge in [-0.2, -0.15) is 4.31 Å². The Bertz CT molecular complexity index is 1260. The Morgan fingerprint density at radius 1 is 1.05 bits per heavy atom. The van der Waals surface area contributed by atoms with Crippen LogP contribution in [0, 0.1) is 0 Å². The molecule has 2 aromatic rings. The average Bonchev–Trinajstić information content (AvgIpc) is 3.67. The third kappa shape index (κ3) is 5.96. The van der Waals surface area contributed by atoms with Gasteiger partial charge in [0.15, 0.2) is 0 Å². The lowest BCUT2D eigenvalue weighted by molar-refractivity contribution is -0.145. The summed E-state index contributed by atoms with van der Waals surface area (Å²) in [6.45, 7) is 5.16. The fraction of sp³-hybridized carbons (Fsp3) is 0.600. The van der Waals surface area contributed by atoms with E-state index in [0.717, 1.165) is 55.4 Å². The number of likely N-dealkylation sites (tertiary alicyclic amines) is 2. The molecule has 13 heteroatoms. The zero-order valence-corrected chi connectivity index (χ0v) is 24.6. The molecule has 3 aliphatic rings. The van der Waals surface area contributed by atoms with Crippen molar-refractivity contribution in [2.45, 2.75) is 42.0 Å². The summed E-state index contributed by atoms with van der Waals surface area (Å²) in [5, 5.41) is 0. The molecule has 3 fully saturated rings. The molecule has 0 bridgehead atoms. The summed E-state index contributed by atoms with van der Waals surface area (Å²) in [6, 6.07) is 6.31. The molecule has 2 amide bonds. The Kier molecular flexibility index (Phi) is 8.78. The fourth-order valence-corrected chi connectivity index (χ4v) is 9.42. The highest BCUT2D eigenvalue weighted by molar-refractivity contribution is 7.91. The first-order valence-corrected chi connectivity index (χ1v) is 16.4. The summed E-state index contributed by atoms with van der Waals surface area (Å²) in [6.07, 6.45) is 2.99. The van der Waals surface area contributed by atoms with E-state index in [-0.39, 0.29) is 28.6 Å². The fourth-order valence-electron chi connectivity index (χ4n) is 5.45. The molecule has 9 nitrogen and oxygen atoms in total. The lowest BCUT2D eigenvalue weighted by atomic mass is 10.0. The summed E-state index contributed by atoms with van der Waals surface area (Å²) < 4.78 is 34.3. The molecule has 0 aromatic carbocycles. The quantitative estimate of drug-likeness (QED) is 0.463. The van der Waals surface area contributed by atoms with Crippen molar-refractivity contribution < 1.29 is 22.7 Å². The van der Waals surface area contributed by atoms with Gasteiger partial charge in [-0.15, -0.1) is 22.7 Å². The zero-order valence-electron chi connectivity index (χ0n) is 21.4. The van der Waals surface area contributed by atoms with Gasteiger partial charge >= 0.3 is 0 Å². The Labute approximate surface area is 236 Å². The number of hydrogen-bond donors (Lipinski definition) is 0. The highest BCUT2D eigenvalue weighted by Gasteiger charge is 2.40. The first kappa shape index (κ1) is 28.0. The number of sulfonamides is 1. The van der Waals surface area contributed by atoms with Gasteiger partial charge in [-0.3, -0.25) is 14.5 Å². The normalized spacial score (nSPS) is 23.5. The number of carbonyl (C=O) groups excluding carboxylic acids is 2. The van der Waals surface area contributed by atoms with Crippen LogP contribution in [0.15, 0.2) is 28.5 Å². The van der Waals surface area contributed by atoms with Gasteiger partial charge in [0.2, 0.25) is 11.8 Å². The number of carbonyl (C=O) groups is 2. The van der Waals surface area contributed by atoms with Gasteiger partial charge in [0.05, 0.1) is 24.1 Å². The molecule has 0 N–H and O–H groups in total. The van der Waals surface area contributed by atoms with Gasteiger partial charge in [-0.1, -0.05) is 11.6 Å². The SMILES string of the molecule is CN([C@@H]1CCCN(CC(=O)N2CCC[C@H]2CN2CCOCC2)C1=O)S(=O)(=O)c1ccc(-c2ccc(Cl)s2)s1. The highest BCUT2D eigenvalue weighted by Crippen LogP contribution is 2.38. The van der Waals surface area contributed by atoms with Crippen molar-refractivity contribution in [2.75, 3.05) is 59.5 Å². The van der Waals surface area contributed by atoms with Crippen LogP contribution in [0.5, 0.6) is 0 Å². The maximum atomic E-state index is 13.5. The van der Waals surface area contributed by atoms with Crippen molar-refractivity contribution in [1.29, 1.82) is 0 Å². The smallest absolute Gasteiger partial charge is 0.253 e. The predicted molar refractivity (Wildman–Crippen MR) is 149 cm³/mol. The van der Waals surface area contributed by atoms with Crippen LogP contribution in [0.4, 0.5) is 0 Å². The van der Waals surface area contributed by atoms with Gasteiger partial charge in [-0.05, 0) is 49.9 Å². The molecular formula is C25H33ClN4O5S3. The summed E-state index contributed by atoms with van der Waals surface area (Å²) in [5.41, 5.74) is 0. The Hall–Kier alpha value is -1.54. The molecule has 3 aliphatic heterocycles. The molecule has 0 unspecified atom stereocenters. The Morgan fingerprint density at radius 3 is 2.50 bits per heavy atom. The van der Waals surface area contributed by atoms with E-state index in [4.69, 9.17) is 16.3 Å². The molecule has 3 saturated heterocycles. The number of piperidine rings is 1. The summed E-state index contributed by atoms with van der Waals surface area (Å²) >= 11 is 8.60. The molecule has 0 aliphatic carbocycles. The van der Waals surface area contributed by atoms with Crippen molar-refractivity contribution in [2.24, 2.45) is 0 Å². The van der Waals surface area contributed by atoms with Crippen LogP contribution >= 0.6 is 34.3 Å². The molecule has 2 atom stereocenters. The molecule has 0 spiro atoms. The summed E-state index contributed by atoms with van der Waals surface area (Å²) in [5.74, 6) is -0.362. The number of amides is 2. The molecule has 0 radical (unpaired) electrons. The van der Waals surface area contributed by atoms with Crippen LogP contribution in [0.25, 0.3) is 9.75 Å². The van der Waals surface area contributed by atoms with Crippen LogP contribution in [0.1, 0.15) is 25.7 Å². The van der Waals surface area contributed by atoms with Crippen LogP contribution in [0.3, 0.4) is 0 Å². The van der Waals surface area contributed by atoms with E-state index in [2.05, 4.69) is 4.90 Å². The molecule has 2 aromatic heterocycles. The monoisotopic (exact) mass is 600 g/mol. The minimum absolute atomic E-state index is 0.00881. The molecule has 0 saturated carbocycles. The highest BCUT2D eigenvalue weighted by atomic mass is 35.5. The van der Waals surface area contributed by atoms with Gasteiger partial charge in [0.1, 0.15) is 10.3 Å². The second-order valence-corrected chi connectivity index (χ2v) is 15.0. The largest absolute Gasteiger partial charge is 0.379 e. The molecule has 208 valence electrons. The summed E-state index contributed by atoms with van der Waals surface area (Å²) in [4.78, 5) is 34.2. The van der Waals surface area contributed by atoms with E-state index < -0.39 is 16.1 Å². The minimum Gasteiger partial charge on any atom is -0.379 e. The zero-order chi connectivity index (χ0) is 26.9. The van der Waals surface area contributed by atoms with Crippen molar-refractivity contribution in [3.8, 4) is 9.75 Å². The van der Waals surface area contributed by atoms with E-state index in [1.54, 1.807) is 23.1 Å². The van der Waals surface area contributed by atoms with Crippen LogP contribution in [-0.4, -0.2) is 111 Å². The number of rotatable bonds is 8. The van der Waals surface area contributed by atoms with E-state index in [9.17, 15) is 18.0 Å². The minimum atomic E-state index is -3.88. The second kappa shape index (κ2) is 11.9. The number of morpholine rings is 1. The first-order chi connectivity index (χ1) is 18.2. The topological polar surface area (TPSA) is 90.5 Å². The molecule has 5 rings (SSSR count). The average molecular weight is 601 g/mol. The van der Waals surface area contributed by atoms with Crippen LogP contribution < -0.4 is 0 Å². The number of nitrogens with zero attached hydrogens (tertiary/aromatic N) is 4. The molecule has 5 heterocycles. The summed E-state index contributed by atoms with van der Waals surface area (Å²) in [7, 11) is -2.42. The van der Waals surface area contributed by atoms with Gasteiger partial charge in [-0.25, -0.2) is 8.42 Å². The Morgan fingerprint density at radius 2 is 1.76 bits per heavy atom. The number of thiophene rings is 2. The second-order valence-electron chi connectivity index (χ2n) is 9.96. The van der Waals surface area contributed by atoms with Crippen molar-refractivity contribution in [3.05, 3.63) is 28.6 Å². The number of ether oxygens (including phenoxy) is 1. The van der Waals surface area contributed by atoms with Crippen molar-refractivity contribution >= 4 is 56.1 Å². The predicted octanol–water partition coefficient (Wildman–Crippen LogP) is 3.06. The first-order valence-electron chi connectivity index (χ1n) is 13.0.